The monoisotopic (exact) mass is 289 g/mol. The Kier molecular flexibility index (Phi) is 3.77. The lowest BCUT2D eigenvalue weighted by Crippen LogP contribution is -2.23. The first-order valence-electron chi connectivity index (χ1n) is 6.94. The lowest BCUT2D eigenvalue weighted by atomic mass is 10.0. The Labute approximate surface area is 123 Å². The molecule has 0 saturated heterocycles. The molecule has 2 aromatic carbocycles. The average molecular weight is 290 g/mol. The van der Waals surface area contributed by atoms with Crippen molar-refractivity contribution < 1.29 is 4.39 Å². The van der Waals surface area contributed by atoms with Gasteiger partial charge in [0.2, 0.25) is 0 Å². The Morgan fingerprint density at radius 1 is 1.25 bits per heavy atom. The molecule has 0 fully saturated rings. The van der Waals surface area contributed by atoms with Gasteiger partial charge in [0.1, 0.15) is 5.82 Å². The van der Waals surface area contributed by atoms with Crippen LogP contribution in [0.1, 0.15) is 42.1 Å². The minimum absolute atomic E-state index is 0.0953. The molecule has 2 atom stereocenters. The Bertz CT molecular complexity index is 626. The summed E-state index contributed by atoms with van der Waals surface area (Å²) in [5.74, 6) is -0.357. The SMILES string of the molecule is CC(NC1CCc2ccccc21)c1ccc(Cl)c(F)c1. The van der Waals surface area contributed by atoms with E-state index in [2.05, 4.69) is 36.5 Å². The van der Waals surface area contributed by atoms with Gasteiger partial charge in [-0.2, -0.15) is 0 Å². The van der Waals surface area contributed by atoms with Gasteiger partial charge in [-0.05, 0) is 48.6 Å². The van der Waals surface area contributed by atoms with Crippen molar-refractivity contribution in [1.29, 1.82) is 0 Å². The number of halogens is 2. The zero-order valence-electron chi connectivity index (χ0n) is 11.4. The van der Waals surface area contributed by atoms with Crippen molar-refractivity contribution in [2.24, 2.45) is 0 Å². The standard InChI is InChI=1S/C17H17ClFN/c1-11(13-6-8-15(18)16(19)10-13)20-17-9-7-12-4-2-3-5-14(12)17/h2-6,8,10-11,17,20H,7,9H2,1H3. The van der Waals surface area contributed by atoms with Crippen LogP contribution in [0.25, 0.3) is 0 Å². The number of fused-ring (bicyclic) bond motifs is 1. The van der Waals surface area contributed by atoms with Gasteiger partial charge in [0.05, 0.1) is 5.02 Å². The van der Waals surface area contributed by atoms with Crippen molar-refractivity contribution in [2.75, 3.05) is 0 Å². The van der Waals surface area contributed by atoms with Gasteiger partial charge in [0.15, 0.2) is 0 Å². The second-order valence-corrected chi connectivity index (χ2v) is 5.76. The number of benzene rings is 2. The third-order valence-electron chi connectivity index (χ3n) is 4.03. The van der Waals surface area contributed by atoms with E-state index in [0.717, 1.165) is 18.4 Å². The predicted molar refractivity (Wildman–Crippen MR) is 80.5 cm³/mol. The van der Waals surface area contributed by atoms with Crippen molar-refractivity contribution in [2.45, 2.75) is 31.8 Å². The minimum atomic E-state index is -0.357. The molecule has 0 aromatic heterocycles. The molecule has 0 aliphatic heterocycles. The lowest BCUT2D eigenvalue weighted by molar-refractivity contribution is 0.463. The first-order valence-corrected chi connectivity index (χ1v) is 7.32. The average Bonchev–Trinajstić information content (AvgIpc) is 2.85. The van der Waals surface area contributed by atoms with Gasteiger partial charge in [0, 0.05) is 12.1 Å². The smallest absolute Gasteiger partial charge is 0.142 e. The van der Waals surface area contributed by atoms with E-state index in [0.29, 0.717) is 6.04 Å². The molecule has 0 saturated carbocycles. The summed E-state index contributed by atoms with van der Waals surface area (Å²) in [4.78, 5) is 0. The second kappa shape index (κ2) is 5.55. The zero-order chi connectivity index (χ0) is 14.1. The summed E-state index contributed by atoms with van der Waals surface area (Å²) >= 11 is 5.73. The van der Waals surface area contributed by atoms with E-state index in [1.807, 2.05) is 6.07 Å². The van der Waals surface area contributed by atoms with Crippen LogP contribution in [0.5, 0.6) is 0 Å². The summed E-state index contributed by atoms with van der Waals surface area (Å²) in [5, 5.41) is 3.76. The van der Waals surface area contributed by atoms with Crippen molar-refractivity contribution >= 4 is 11.6 Å². The van der Waals surface area contributed by atoms with Crippen LogP contribution in [0, 0.1) is 5.82 Å². The van der Waals surface area contributed by atoms with Gasteiger partial charge in [-0.1, -0.05) is 41.9 Å². The summed E-state index contributed by atoms with van der Waals surface area (Å²) in [6, 6.07) is 14.0. The third-order valence-corrected chi connectivity index (χ3v) is 4.33. The fraction of sp³-hybridized carbons (Fsp3) is 0.294. The maximum atomic E-state index is 13.5. The highest BCUT2D eigenvalue weighted by molar-refractivity contribution is 6.30. The van der Waals surface area contributed by atoms with Crippen LogP contribution in [0.15, 0.2) is 42.5 Å². The summed E-state index contributed by atoms with van der Waals surface area (Å²) in [6.07, 6.45) is 2.20. The van der Waals surface area contributed by atoms with E-state index < -0.39 is 0 Å². The topological polar surface area (TPSA) is 12.0 Å². The molecule has 0 heterocycles. The third kappa shape index (κ3) is 2.58. The quantitative estimate of drug-likeness (QED) is 0.854. The van der Waals surface area contributed by atoms with Crippen molar-refractivity contribution in [3.05, 3.63) is 70.0 Å². The molecular formula is C17H17ClFN. The molecule has 1 aliphatic carbocycles. The molecule has 104 valence electrons. The maximum absolute atomic E-state index is 13.5. The van der Waals surface area contributed by atoms with Gasteiger partial charge < -0.3 is 5.32 Å². The van der Waals surface area contributed by atoms with E-state index in [4.69, 9.17) is 11.6 Å². The Morgan fingerprint density at radius 2 is 2.05 bits per heavy atom. The molecule has 2 aromatic rings. The molecule has 3 rings (SSSR count). The van der Waals surface area contributed by atoms with E-state index in [9.17, 15) is 4.39 Å². The van der Waals surface area contributed by atoms with Crippen LogP contribution in [0.2, 0.25) is 5.02 Å². The van der Waals surface area contributed by atoms with Crippen molar-refractivity contribution in [3.8, 4) is 0 Å². The lowest BCUT2D eigenvalue weighted by Gasteiger charge is -2.21. The van der Waals surface area contributed by atoms with Crippen LogP contribution in [0.4, 0.5) is 4.39 Å². The molecule has 1 aliphatic rings. The van der Waals surface area contributed by atoms with Gasteiger partial charge in [0.25, 0.3) is 0 Å². The number of aryl methyl sites for hydroxylation is 1. The zero-order valence-corrected chi connectivity index (χ0v) is 12.1. The molecule has 0 spiro atoms. The minimum Gasteiger partial charge on any atom is -0.303 e. The van der Waals surface area contributed by atoms with E-state index in [1.165, 1.54) is 17.2 Å². The predicted octanol–water partition coefficient (Wildman–Crippen LogP) is 4.82. The van der Waals surface area contributed by atoms with Crippen molar-refractivity contribution in [1.82, 2.24) is 5.32 Å². The van der Waals surface area contributed by atoms with Gasteiger partial charge in [-0.15, -0.1) is 0 Å². The summed E-state index contributed by atoms with van der Waals surface area (Å²) in [6.45, 7) is 2.06. The Hall–Kier alpha value is -1.38. The van der Waals surface area contributed by atoms with Crippen LogP contribution in [-0.2, 0) is 6.42 Å². The van der Waals surface area contributed by atoms with Crippen LogP contribution < -0.4 is 5.32 Å². The summed E-state index contributed by atoms with van der Waals surface area (Å²) in [5.41, 5.74) is 3.71. The first-order chi connectivity index (χ1) is 9.65. The summed E-state index contributed by atoms with van der Waals surface area (Å²) in [7, 11) is 0. The highest BCUT2D eigenvalue weighted by Gasteiger charge is 2.23. The van der Waals surface area contributed by atoms with Gasteiger partial charge in [-0.25, -0.2) is 4.39 Å². The molecule has 0 amide bonds. The molecule has 1 nitrogen and oxygen atoms in total. The largest absolute Gasteiger partial charge is 0.303 e. The molecular weight excluding hydrogens is 273 g/mol. The number of rotatable bonds is 3. The molecule has 0 bridgehead atoms. The normalized spacial score (nSPS) is 18.9. The van der Waals surface area contributed by atoms with Crippen LogP contribution in [-0.4, -0.2) is 0 Å². The highest BCUT2D eigenvalue weighted by atomic mass is 35.5. The van der Waals surface area contributed by atoms with Crippen LogP contribution in [0.3, 0.4) is 0 Å². The second-order valence-electron chi connectivity index (χ2n) is 5.35. The van der Waals surface area contributed by atoms with Gasteiger partial charge in [-0.3, -0.25) is 0 Å². The van der Waals surface area contributed by atoms with Crippen LogP contribution >= 0.6 is 11.6 Å². The number of hydrogen-bond acceptors (Lipinski definition) is 1. The Balaban J connectivity index is 1.77. The molecule has 3 heteroatoms. The number of nitrogens with one attached hydrogen (secondary N) is 1. The fourth-order valence-electron chi connectivity index (χ4n) is 2.91. The van der Waals surface area contributed by atoms with E-state index in [-0.39, 0.29) is 16.9 Å². The van der Waals surface area contributed by atoms with E-state index in [1.54, 1.807) is 6.07 Å². The summed E-state index contributed by atoms with van der Waals surface area (Å²) < 4.78 is 13.5. The molecule has 0 radical (unpaired) electrons. The fourth-order valence-corrected chi connectivity index (χ4v) is 3.03. The van der Waals surface area contributed by atoms with Gasteiger partial charge >= 0.3 is 0 Å². The Morgan fingerprint density at radius 3 is 2.85 bits per heavy atom. The van der Waals surface area contributed by atoms with Crippen molar-refractivity contribution in [3.63, 3.8) is 0 Å². The highest BCUT2D eigenvalue weighted by Crippen LogP contribution is 2.33. The maximum Gasteiger partial charge on any atom is 0.142 e. The first kappa shape index (κ1) is 13.6. The molecule has 2 unspecified atom stereocenters. The molecule has 20 heavy (non-hydrogen) atoms. The molecule has 1 N–H and O–H groups in total. The number of hydrogen-bond donors (Lipinski definition) is 1. The van der Waals surface area contributed by atoms with E-state index >= 15 is 0 Å².